The lowest BCUT2D eigenvalue weighted by Gasteiger charge is -2.26. The summed E-state index contributed by atoms with van der Waals surface area (Å²) in [5, 5.41) is 21.2. The number of aryl methyl sites for hydroxylation is 1. The van der Waals surface area contributed by atoms with Crippen molar-refractivity contribution in [2.24, 2.45) is 12.8 Å². The molecule has 0 fully saturated rings. The maximum Gasteiger partial charge on any atom is 0.315 e. The maximum atomic E-state index is 14.9. The molecule has 3 amide bonds. The van der Waals surface area contributed by atoms with Gasteiger partial charge in [-0.1, -0.05) is 11.6 Å². The normalized spacial score (nSPS) is 12.9. The number of anilines is 1. The first kappa shape index (κ1) is 22.4. The average Bonchev–Trinajstić information content (AvgIpc) is 3.39. The summed E-state index contributed by atoms with van der Waals surface area (Å²) in [4.78, 5) is 26.7. The van der Waals surface area contributed by atoms with Crippen LogP contribution in [0.5, 0.6) is 0 Å². The van der Waals surface area contributed by atoms with E-state index >= 15 is 0 Å². The molecular weight excluding hydrogens is 475 g/mol. The average molecular weight is 493 g/mol. The largest absolute Gasteiger partial charge is 0.351 e. The molecule has 0 bridgehead atoms. The fourth-order valence-corrected chi connectivity index (χ4v) is 4.38. The molecule has 1 aliphatic rings. The SMILES string of the molecule is Cn1cc2c(F)cc(-c3nn4c(c3C(=O)Nc3ccc(C#N)c(Cl)c3)CN(C(N)=O)CC4)cc2n1. The number of nitrogens with one attached hydrogen (secondary N) is 1. The second-order valence-electron chi connectivity index (χ2n) is 8.11. The summed E-state index contributed by atoms with van der Waals surface area (Å²) in [6.07, 6.45) is 1.57. The van der Waals surface area contributed by atoms with Crippen molar-refractivity contribution in [3.8, 4) is 17.3 Å². The van der Waals surface area contributed by atoms with Crippen LogP contribution in [0.3, 0.4) is 0 Å². The number of nitriles is 1. The molecule has 1 aliphatic heterocycles. The number of amides is 3. The molecule has 3 heterocycles. The summed E-state index contributed by atoms with van der Waals surface area (Å²) < 4.78 is 18.0. The summed E-state index contributed by atoms with van der Waals surface area (Å²) in [5.74, 6) is -1.03. The molecular formula is C23H18ClFN8O2. The van der Waals surface area contributed by atoms with Gasteiger partial charge < -0.3 is 16.0 Å². The highest BCUT2D eigenvalue weighted by Gasteiger charge is 2.30. The highest BCUT2D eigenvalue weighted by molar-refractivity contribution is 6.32. The molecule has 5 rings (SSSR count). The van der Waals surface area contributed by atoms with Crippen LogP contribution in [0.2, 0.25) is 5.02 Å². The molecule has 0 aliphatic carbocycles. The van der Waals surface area contributed by atoms with E-state index in [1.54, 1.807) is 30.1 Å². The smallest absolute Gasteiger partial charge is 0.315 e. The van der Waals surface area contributed by atoms with E-state index in [4.69, 9.17) is 22.6 Å². The number of primary amides is 1. The highest BCUT2D eigenvalue weighted by Crippen LogP contribution is 2.32. The summed E-state index contributed by atoms with van der Waals surface area (Å²) in [7, 11) is 1.69. The van der Waals surface area contributed by atoms with E-state index in [1.165, 1.54) is 27.8 Å². The van der Waals surface area contributed by atoms with Gasteiger partial charge in [0.15, 0.2) is 0 Å². The number of halogens is 2. The van der Waals surface area contributed by atoms with Gasteiger partial charge in [-0.05, 0) is 30.3 Å². The second-order valence-corrected chi connectivity index (χ2v) is 8.51. The van der Waals surface area contributed by atoms with Crippen LogP contribution in [0.1, 0.15) is 21.6 Å². The van der Waals surface area contributed by atoms with E-state index in [-0.39, 0.29) is 28.4 Å². The van der Waals surface area contributed by atoms with E-state index in [2.05, 4.69) is 15.5 Å². The zero-order valence-corrected chi connectivity index (χ0v) is 19.2. The van der Waals surface area contributed by atoms with Gasteiger partial charge in [0, 0.05) is 31.0 Å². The van der Waals surface area contributed by atoms with Crippen molar-refractivity contribution in [2.45, 2.75) is 13.1 Å². The number of benzene rings is 2. The molecule has 0 saturated carbocycles. The number of hydrogen-bond donors (Lipinski definition) is 2. The number of aromatic nitrogens is 4. The molecule has 12 heteroatoms. The Labute approximate surface area is 203 Å². The number of nitrogens with zero attached hydrogens (tertiary/aromatic N) is 6. The lowest BCUT2D eigenvalue weighted by molar-refractivity contribution is 0.102. The van der Waals surface area contributed by atoms with Crippen LogP contribution < -0.4 is 11.1 Å². The van der Waals surface area contributed by atoms with Gasteiger partial charge in [0.2, 0.25) is 0 Å². The van der Waals surface area contributed by atoms with Crippen LogP contribution in [0.15, 0.2) is 36.5 Å². The van der Waals surface area contributed by atoms with Gasteiger partial charge in [-0.15, -0.1) is 0 Å². The molecule has 0 unspecified atom stereocenters. The van der Waals surface area contributed by atoms with Crippen molar-refractivity contribution >= 4 is 40.1 Å². The monoisotopic (exact) mass is 492 g/mol. The Morgan fingerprint density at radius 2 is 2.03 bits per heavy atom. The molecule has 4 aromatic rings. The molecule has 35 heavy (non-hydrogen) atoms. The lowest BCUT2D eigenvalue weighted by atomic mass is 10.0. The molecule has 0 spiro atoms. The Kier molecular flexibility index (Phi) is 5.37. The van der Waals surface area contributed by atoms with Crippen LogP contribution in [0.4, 0.5) is 14.9 Å². The zero-order chi connectivity index (χ0) is 24.9. The summed E-state index contributed by atoms with van der Waals surface area (Å²) >= 11 is 6.11. The first-order chi connectivity index (χ1) is 16.7. The van der Waals surface area contributed by atoms with Gasteiger partial charge >= 0.3 is 6.03 Å². The van der Waals surface area contributed by atoms with Crippen molar-refractivity contribution < 1.29 is 14.0 Å². The number of hydrogen-bond acceptors (Lipinski definition) is 5. The lowest BCUT2D eigenvalue weighted by Crippen LogP contribution is -2.42. The van der Waals surface area contributed by atoms with E-state index in [0.29, 0.717) is 40.9 Å². The Bertz CT molecular complexity index is 1570. The molecule has 2 aromatic carbocycles. The minimum Gasteiger partial charge on any atom is -0.351 e. The van der Waals surface area contributed by atoms with Crippen molar-refractivity contribution in [3.05, 3.63) is 64.2 Å². The van der Waals surface area contributed by atoms with E-state index in [0.717, 1.165) is 0 Å². The summed E-state index contributed by atoms with van der Waals surface area (Å²) in [6.45, 7) is 0.701. The number of fused-ring (bicyclic) bond motifs is 2. The maximum absolute atomic E-state index is 14.9. The fourth-order valence-electron chi connectivity index (χ4n) is 4.16. The number of carbonyl (C=O) groups excluding carboxylic acids is 2. The Hall–Kier alpha value is -4.43. The number of nitrogens with two attached hydrogens (primary N) is 1. The van der Waals surface area contributed by atoms with Gasteiger partial charge in [-0.3, -0.25) is 14.2 Å². The van der Waals surface area contributed by atoms with Gasteiger partial charge in [0.25, 0.3) is 5.91 Å². The second kappa shape index (κ2) is 8.41. The van der Waals surface area contributed by atoms with Gasteiger partial charge in [0.1, 0.15) is 17.6 Å². The summed E-state index contributed by atoms with van der Waals surface area (Å²) in [6, 6.07) is 8.81. The first-order valence-electron chi connectivity index (χ1n) is 10.5. The van der Waals surface area contributed by atoms with Crippen LogP contribution in [0.25, 0.3) is 22.2 Å². The van der Waals surface area contributed by atoms with Crippen molar-refractivity contribution in [1.29, 1.82) is 5.26 Å². The molecule has 0 saturated heterocycles. The van der Waals surface area contributed by atoms with E-state index in [1.807, 2.05) is 6.07 Å². The van der Waals surface area contributed by atoms with Gasteiger partial charge in [0.05, 0.1) is 45.8 Å². The van der Waals surface area contributed by atoms with Crippen LogP contribution in [-0.4, -0.2) is 42.9 Å². The zero-order valence-electron chi connectivity index (χ0n) is 18.4. The molecule has 0 atom stereocenters. The molecule has 3 N–H and O–H groups in total. The van der Waals surface area contributed by atoms with Crippen molar-refractivity contribution in [2.75, 3.05) is 11.9 Å². The Morgan fingerprint density at radius 1 is 1.23 bits per heavy atom. The van der Waals surface area contributed by atoms with Gasteiger partial charge in [-0.2, -0.15) is 15.5 Å². The highest BCUT2D eigenvalue weighted by atomic mass is 35.5. The first-order valence-corrected chi connectivity index (χ1v) is 10.9. The van der Waals surface area contributed by atoms with Crippen LogP contribution in [0, 0.1) is 17.1 Å². The topological polar surface area (TPSA) is 135 Å². The van der Waals surface area contributed by atoms with E-state index in [9.17, 15) is 14.0 Å². The van der Waals surface area contributed by atoms with Crippen molar-refractivity contribution in [1.82, 2.24) is 24.5 Å². The number of urea groups is 1. The molecule has 2 aromatic heterocycles. The number of carbonyl (C=O) groups is 2. The minimum atomic E-state index is -0.620. The predicted octanol–water partition coefficient (Wildman–Crippen LogP) is 3.25. The third-order valence-corrected chi connectivity index (χ3v) is 6.14. The predicted molar refractivity (Wildman–Crippen MR) is 126 cm³/mol. The Balaban J connectivity index is 1.63. The van der Waals surface area contributed by atoms with Gasteiger partial charge in [-0.25, -0.2) is 9.18 Å². The molecule has 10 nitrogen and oxygen atoms in total. The summed E-state index contributed by atoms with van der Waals surface area (Å²) in [5.41, 5.74) is 7.76. The quantitative estimate of drug-likeness (QED) is 0.452. The van der Waals surface area contributed by atoms with Crippen LogP contribution >= 0.6 is 11.6 Å². The molecule has 176 valence electrons. The van der Waals surface area contributed by atoms with E-state index < -0.39 is 17.8 Å². The fraction of sp³-hybridized carbons (Fsp3) is 0.174. The third-order valence-electron chi connectivity index (χ3n) is 5.83. The Morgan fingerprint density at radius 3 is 2.74 bits per heavy atom. The van der Waals surface area contributed by atoms with Crippen LogP contribution in [-0.2, 0) is 20.1 Å². The number of rotatable bonds is 3. The van der Waals surface area contributed by atoms with Crippen molar-refractivity contribution in [3.63, 3.8) is 0 Å². The molecule has 0 radical (unpaired) electrons. The standard InChI is InChI=1S/C23H18ClFN8O2/c1-31-10-15-17(25)6-13(7-18(15)29-31)21-20(19-11-32(23(27)35)4-5-33(19)30-21)22(34)28-14-3-2-12(9-26)16(24)8-14/h2-3,6-8,10H,4-5,11H2,1H3,(H2,27,35)(H,28,34). The minimum absolute atomic E-state index is 0.0630. The third kappa shape index (κ3) is 3.94.